The Labute approximate surface area is 160 Å². The molecule has 0 aliphatic carbocycles. The van der Waals surface area contributed by atoms with Crippen LogP contribution in [0.15, 0.2) is 41.5 Å². The van der Waals surface area contributed by atoms with Crippen molar-refractivity contribution in [1.82, 2.24) is 19.9 Å². The van der Waals surface area contributed by atoms with E-state index in [2.05, 4.69) is 25.3 Å². The first-order chi connectivity index (χ1) is 13.6. The Kier molecular flexibility index (Phi) is 5.39. The molecule has 11 heteroatoms. The molecule has 7 nitrogen and oxygen atoms in total. The van der Waals surface area contributed by atoms with Crippen molar-refractivity contribution in [2.24, 2.45) is 0 Å². The highest BCUT2D eigenvalue weighted by molar-refractivity contribution is 5.92. The molecule has 1 aromatic carbocycles. The van der Waals surface area contributed by atoms with Crippen molar-refractivity contribution in [2.75, 3.05) is 5.32 Å². The standard InChI is InChI=1S/C18H13F4N5O2/c1-9-11(17(29)27-16(25-9)15-23-5-2-6-24-15)8-14(28)26-13-7-10(18(20,21)22)3-4-12(13)19/h2-7H,8H2,1H3,(H,26,28)(H,25,27,29). The minimum Gasteiger partial charge on any atom is -0.323 e. The average Bonchev–Trinajstić information content (AvgIpc) is 2.66. The summed E-state index contributed by atoms with van der Waals surface area (Å²) in [5.74, 6) is -1.63. The van der Waals surface area contributed by atoms with Crippen LogP contribution in [0.1, 0.15) is 16.8 Å². The van der Waals surface area contributed by atoms with Crippen LogP contribution in [0.2, 0.25) is 0 Å². The van der Waals surface area contributed by atoms with Crippen LogP contribution >= 0.6 is 0 Å². The molecule has 150 valence electrons. The molecule has 0 aliphatic rings. The number of aryl methyl sites for hydroxylation is 1. The number of aromatic amines is 1. The van der Waals surface area contributed by atoms with Crippen LogP contribution in [-0.4, -0.2) is 25.8 Å². The van der Waals surface area contributed by atoms with Gasteiger partial charge in [-0.3, -0.25) is 9.59 Å². The Morgan fingerprint density at radius 1 is 1.21 bits per heavy atom. The number of alkyl halides is 3. The first kappa shape index (κ1) is 20.1. The summed E-state index contributed by atoms with van der Waals surface area (Å²) in [5, 5.41) is 2.05. The molecule has 0 saturated heterocycles. The largest absolute Gasteiger partial charge is 0.416 e. The van der Waals surface area contributed by atoms with Gasteiger partial charge in [-0.2, -0.15) is 13.2 Å². The molecule has 0 saturated carbocycles. The molecule has 3 rings (SSSR count). The molecular weight excluding hydrogens is 394 g/mol. The van der Waals surface area contributed by atoms with Crippen LogP contribution in [0.25, 0.3) is 11.6 Å². The highest BCUT2D eigenvalue weighted by Gasteiger charge is 2.31. The topological polar surface area (TPSA) is 101 Å². The molecule has 2 N–H and O–H groups in total. The van der Waals surface area contributed by atoms with Crippen molar-refractivity contribution in [1.29, 1.82) is 0 Å². The third kappa shape index (κ3) is 4.62. The van der Waals surface area contributed by atoms with Gasteiger partial charge in [0.25, 0.3) is 5.56 Å². The number of hydrogen-bond acceptors (Lipinski definition) is 5. The molecule has 1 amide bonds. The summed E-state index contributed by atoms with van der Waals surface area (Å²) >= 11 is 0. The lowest BCUT2D eigenvalue weighted by molar-refractivity contribution is -0.137. The maximum atomic E-state index is 13.8. The van der Waals surface area contributed by atoms with Crippen LogP contribution in [0.5, 0.6) is 0 Å². The second-order valence-electron chi connectivity index (χ2n) is 5.97. The fourth-order valence-electron chi connectivity index (χ4n) is 2.50. The van der Waals surface area contributed by atoms with Crippen LogP contribution in [0.3, 0.4) is 0 Å². The lowest BCUT2D eigenvalue weighted by atomic mass is 10.1. The lowest BCUT2D eigenvalue weighted by Gasteiger charge is -2.11. The minimum atomic E-state index is -4.69. The summed E-state index contributed by atoms with van der Waals surface area (Å²) < 4.78 is 52.1. The number of carbonyl (C=O) groups is 1. The average molecular weight is 407 g/mol. The second-order valence-corrected chi connectivity index (χ2v) is 5.97. The Morgan fingerprint density at radius 3 is 2.52 bits per heavy atom. The van der Waals surface area contributed by atoms with E-state index >= 15 is 0 Å². The van der Waals surface area contributed by atoms with Crippen LogP contribution in [0.4, 0.5) is 23.2 Å². The zero-order valence-corrected chi connectivity index (χ0v) is 14.8. The van der Waals surface area contributed by atoms with Crippen LogP contribution in [0, 0.1) is 12.7 Å². The highest BCUT2D eigenvalue weighted by Crippen LogP contribution is 2.31. The molecule has 2 aromatic heterocycles. The number of H-pyrrole nitrogens is 1. The zero-order valence-electron chi connectivity index (χ0n) is 14.8. The molecule has 0 spiro atoms. The number of rotatable bonds is 4. The summed E-state index contributed by atoms with van der Waals surface area (Å²) in [6, 6.07) is 3.24. The Bertz CT molecular complexity index is 1110. The first-order valence-electron chi connectivity index (χ1n) is 8.19. The van der Waals surface area contributed by atoms with Crippen LogP contribution in [-0.2, 0) is 17.4 Å². The van der Waals surface area contributed by atoms with Crippen molar-refractivity contribution >= 4 is 11.6 Å². The molecule has 0 fully saturated rings. The maximum Gasteiger partial charge on any atom is 0.416 e. The van der Waals surface area contributed by atoms with Gasteiger partial charge >= 0.3 is 6.18 Å². The van der Waals surface area contributed by atoms with E-state index in [1.54, 1.807) is 6.07 Å². The van der Waals surface area contributed by atoms with E-state index in [4.69, 9.17) is 0 Å². The van der Waals surface area contributed by atoms with Gasteiger partial charge in [-0.05, 0) is 31.2 Å². The molecule has 3 aromatic rings. The normalized spacial score (nSPS) is 11.3. The molecule has 2 heterocycles. The predicted molar refractivity (Wildman–Crippen MR) is 94.4 cm³/mol. The van der Waals surface area contributed by atoms with Gasteiger partial charge in [-0.1, -0.05) is 0 Å². The van der Waals surface area contributed by atoms with E-state index in [0.29, 0.717) is 18.2 Å². The van der Waals surface area contributed by atoms with Crippen molar-refractivity contribution in [3.05, 3.63) is 69.7 Å². The SMILES string of the molecule is Cc1nc(-c2ncccn2)[nH]c(=O)c1CC(=O)Nc1cc(C(F)(F)F)ccc1F. The molecule has 0 aliphatic heterocycles. The number of amides is 1. The monoisotopic (exact) mass is 407 g/mol. The third-order valence-corrected chi connectivity index (χ3v) is 3.90. The number of carbonyl (C=O) groups excluding carboxylic acids is 1. The van der Waals surface area contributed by atoms with Gasteiger partial charge in [0.2, 0.25) is 5.91 Å². The summed E-state index contributed by atoms with van der Waals surface area (Å²) in [7, 11) is 0. The highest BCUT2D eigenvalue weighted by atomic mass is 19.4. The van der Waals surface area contributed by atoms with Gasteiger partial charge in [-0.25, -0.2) is 19.3 Å². The quantitative estimate of drug-likeness (QED) is 0.648. The number of anilines is 1. The number of aromatic nitrogens is 4. The number of halogens is 4. The molecule has 29 heavy (non-hydrogen) atoms. The van der Waals surface area contributed by atoms with Gasteiger partial charge in [0.05, 0.1) is 17.7 Å². The van der Waals surface area contributed by atoms with Gasteiger partial charge in [0, 0.05) is 23.7 Å². The van der Waals surface area contributed by atoms with Crippen molar-refractivity contribution < 1.29 is 22.4 Å². The van der Waals surface area contributed by atoms with Gasteiger partial charge in [-0.15, -0.1) is 0 Å². The third-order valence-electron chi connectivity index (χ3n) is 3.90. The molecule has 0 bridgehead atoms. The van der Waals surface area contributed by atoms with Gasteiger partial charge in [0.1, 0.15) is 5.82 Å². The molecular formula is C18H13F4N5O2. The van der Waals surface area contributed by atoms with E-state index in [0.717, 1.165) is 0 Å². The smallest absolute Gasteiger partial charge is 0.323 e. The number of nitrogens with zero attached hydrogens (tertiary/aromatic N) is 3. The summed E-state index contributed by atoms with van der Waals surface area (Å²) in [6.07, 6.45) is -2.29. The summed E-state index contributed by atoms with van der Waals surface area (Å²) in [5.41, 5.74) is -2.21. The fraction of sp³-hybridized carbons (Fsp3) is 0.167. The van der Waals surface area contributed by atoms with E-state index in [9.17, 15) is 27.2 Å². The van der Waals surface area contributed by atoms with Crippen molar-refractivity contribution in [2.45, 2.75) is 19.5 Å². The van der Waals surface area contributed by atoms with Gasteiger partial charge in [0.15, 0.2) is 11.6 Å². The number of nitrogens with one attached hydrogen (secondary N) is 2. The van der Waals surface area contributed by atoms with E-state index in [1.165, 1.54) is 19.3 Å². The Balaban J connectivity index is 1.82. The fourth-order valence-corrected chi connectivity index (χ4v) is 2.50. The molecule has 0 atom stereocenters. The molecule has 0 unspecified atom stereocenters. The summed E-state index contributed by atoms with van der Waals surface area (Å²) in [4.78, 5) is 39.0. The van der Waals surface area contributed by atoms with Crippen molar-refractivity contribution in [3.8, 4) is 11.6 Å². The van der Waals surface area contributed by atoms with Crippen LogP contribution < -0.4 is 10.9 Å². The summed E-state index contributed by atoms with van der Waals surface area (Å²) in [6.45, 7) is 1.48. The van der Waals surface area contributed by atoms with E-state index in [-0.39, 0.29) is 22.9 Å². The van der Waals surface area contributed by atoms with Gasteiger partial charge < -0.3 is 10.3 Å². The van der Waals surface area contributed by atoms with E-state index < -0.39 is 41.1 Å². The maximum absolute atomic E-state index is 13.8. The van der Waals surface area contributed by atoms with E-state index in [1.807, 2.05) is 0 Å². The second kappa shape index (κ2) is 7.78. The minimum absolute atomic E-state index is 0.0189. The number of hydrogen-bond donors (Lipinski definition) is 2. The van der Waals surface area contributed by atoms with Crippen molar-refractivity contribution in [3.63, 3.8) is 0 Å². The molecule has 0 radical (unpaired) electrons. The Morgan fingerprint density at radius 2 is 1.90 bits per heavy atom. The number of benzene rings is 1. The zero-order chi connectivity index (χ0) is 21.2. The lowest BCUT2D eigenvalue weighted by Crippen LogP contribution is -2.24. The first-order valence-corrected chi connectivity index (χ1v) is 8.19. The Hall–Kier alpha value is -3.63. The predicted octanol–water partition coefficient (Wildman–Crippen LogP) is 2.87.